The molecule has 0 aliphatic rings. The van der Waals surface area contributed by atoms with E-state index in [1.54, 1.807) is 12.1 Å². The minimum atomic E-state index is -4.48. The van der Waals surface area contributed by atoms with Crippen molar-refractivity contribution < 1.29 is 22.2 Å². The van der Waals surface area contributed by atoms with Crippen LogP contribution in [0.15, 0.2) is 24.3 Å². The van der Waals surface area contributed by atoms with Crippen molar-refractivity contribution in [1.29, 1.82) is 0 Å². The SMILES string of the molecule is CC(=O)Nc1cc(C(C)C)c(OS(=O)(=O)NC(=O)Cc2c(C(C)C)cc(C(C)C)cc2C(C)C)c(C(C)C)c1. The molecule has 2 aromatic rings. The fourth-order valence-electron chi connectivity index (χ4n) is 4.68. The molecule has 0 aliphatic heterocycles. The Kier molecular flexibility index (Phi) is 10.8. The molecule has 0 aromatic heterocycles. The van der Waals surface area contributed by atoms with Crippen molar-refractivity contribution in [2.75, 3.05) is 5.32 Å². The van der Waals surface area contributed by atoms with E-state index in [1.165, 1.54) is 12.5 Å². The molecule has 216 valence electrons. The smallest absolute Gasteiger partial charge is 0.366 e. The summed E-state index contributed by atoms with van der Waals surface area (Å²) in [4.78, 5) is 24.8. The van der Waals surface area contributed by atoms with Crippen molar-refractivity contribution in [1.82, 2.24) is 4.72 Å². The molecule has 2 aromatic carbocycles. The van der Waals surface area contributed by atoms with Gasteiger partial charge in [-0.1, -0.05) is 81.4 Å². The van der Waals surface area contributed by atoms with E-state index >= 15 is 0 Å². The zero-order valence-electron chi connectivity index (χ0n) is 25.4. The van der Waals surface area contributed by atoms with E-state index in [1.807, 2.05) is 27.7 Å². The summed E-state index contributed by atoms with van der Waals surface area (Å²) in [5.74, 6) is -0.223. The Hall–Kier alpha value is -2.87. The lowest BCUT2D eigenvalue weighted by atomic mass is 9.83. The van der Waals surface area contributed by atoms with Crippen LogP contribution in [0.4, 0.5) is 5.69 Å². The topological polar surface area (TPSA) is 102 Å². The van der Waals surface area contributed by atoms with Gasteiger partial charge in [-0.25, -0.2) is 4.72 Å². The zero-order valence-corrected chi connectivity index (χ0v) is 26.2. The number of carbonyl (C=O) groups excluding carboxylic acids is 2. The van der Waals surface area contributed by atoms with Crippen LogP contribution in [0.2, 0.25) is 0 Å². The second kappa shape index (κ2) is 13.0. The number of rotatable bonds is 11. The lowest BCUT2D eigenvalue weighted by Gasteiger charge is -2.23. The van der Waals surface area contributed by atoms with Crippen LogP contribution in [-0.2, 0) is 26.3 Å². The van der Waals surface area contributed by atoms with Gasteiger partial charge in [-0.2, -0.15) is 8.42 Å². The molecule has 0 radical (unpaired) electrons. The highest BCUT2D eigenvalue weighted by Crippen LogP contribution is 2.38. The van der Waals surface area contributed by atoms with Gasteiger partial charge in [-0.05, 0) is 64.0 Å². The van der Waals surface area contributed by atoms with Crippen LogP contribution in [0, 0.1) is 0 Å². The van der Waals surface area contributed by atoms with Gasteiger partial charge in [-0.3, -0.25) is 9.59 Å². The largest absolute Gasteiger partial charge is 0.409 e. The molecule has 0 aliphatic carbocycles. The van der Waals surface area contributed by atoms with E-state index in [0.717, 1.165) is 16.7 Å². The molecule has 8 heteroatoms. The Labute approximate surface area is 235 Å². The molecule has 2 amide bonds. The number of carbonyl (C=O) groups is 2. The van der Waals surface area contributed by atoms with Gasteiger partial charge in [0.1, 0.15) is 0 Å². The Morgan fingerprint density at radius 3 is 1.51 bits per heavy atom. The summed E-state index contributed by atoms with van der Waals surface area (Å²) in [6.45, 7) is 21.7. The minimum absolute atomic E-state index is 0.0719. The summed E-state index contributed by atoms with van der Waals surface area (Å²) in [7, 11) is -4.48. The molecule has 0 saturated heterocycles. The van der Waals surface area contributed by atoms with Crippen LogP contribution in [0.5, 0.6) is 5.75 Å². The molecular formula is C31H46N2O5S. The van der Waals surface area contributed by atoms with Crippen molar-refractivity contribution >= 4 is 27.8 Å². The van der Waals surface area contributed by atoms with Crippen LogP contribution < -0.4 is 14.2 Å². The minimum Gasteiger partial charge on any atom is -0.366 e. The Balaban J connectivity index is 2.46. The Bertz CT molecular complexity index is 1250. The second-order valence-corrected chi connectivity index (χ2v) is 13.1. The van der Waals surface area contributed by atoms with Gasteiger partial charge in [-0.15, -0.1) is 0 Å². The molecule has 0 heterocycles. The maximum Gasteiger partial charge on any atom is 0.409 e. The first-order chi connectivity index (χ1) is 17.9. The van der Waals surface area contributed by atoms with Crippen molar-refractivity contribution in [3.8, 4) is 5.75 Å². The van der Waals surface area contributed by atoms with E-state index in [-0.39, 0.29) is 41.7 Å². The molecule has 2 N–H and O–H groups in total. The molecule has 0 spiro atoms. The van der Waals surface area contributed by atoms with Crippen LogP contribution in [0.25, 0.3) is 0 Å². The second-order valence-electron chi connectivity index (χ2n) is 11.9. The molecule has 0 atom stereocenters. The fraction of sp³-hybridized carbons (Fsp3) is 0.548. The third kappa shape index (κ3) is 8.56. The van der Waals surface area contributed by atoms with Crippen molar-refractivity contribution in [2.45, 2.75) is 112 Å². The first-order valence-corrected chi connectivity index (χ1v) is 15.2. The number of hydrogen-bond donors (Lipinski definition) is 2. The predicted molar refractivity (Wildman–Crippen MR) is 159 cm³/mol. The lowest BCUT2D eigenvalue weighted by molar-refractivity contribution is -0.119. The first kappa shape index (κ1) is 32.3. The third-order valence-electron chi connectivity index (χ3n) is 6.73. The number of anilines is 1. The summed E-state index contributed by atoms with van der Waals surface area (Å²) in [6, 6.07) is 7.69. The van der Waals surface area contributed by atoms with Gasteiger partial charge in [0.25, 0.3) is 0 Å². The maximum atomic E-state index is 13.2. The monoisotopic (exact) mass is 558 g/mol. The van der Waals surface area contributed by atoms with Crippen molar-refractivity contribution in [3.63, 3.8) is 0 Å². The van der Waals surface area contributed by atoms with E-state index in [2.05, 4.69) is 63.7 Å². The van der Waals surface area contributed by atoms with Gasteiger partial charge in [0, 0.05) is 23.7 Å². The van der Waals surface area contributed by atoms with Gasteiger partial charge >= 0.3 is 10.3 Å². The van der Waals surface area contributed by atoms with Crippen LogP contribution in [0.3, 0.4) is 0 Å². The molecule has 0 bridgehead atoms. The summed E-state index contributed by atoms with van der Waals surface area (Å²) >= 11 is 0. The highest BCUT2D eigenvalue weighted by Gasteiger charge is 2.26. The standard InChI is InChI=1S/C31H46N2O5S/c1-17(2)23-12-25(18(3)4)29(26(13-23)19(5)6)16-30(35)33-39(36,37)38-31-27(20(7)8)14-24(32-22(11)34)15-28(31)21(9)10/h12-15,17-21H,16H2,1-11H3,(H,32,34)(H,33,35). The van der Waals surface area contributed by atoms with Gasteiger partial charge in [0.15, 0.2) is 5.75 Å². The summed E-state index contributed by atoms with van der Waals surface area (Å²) < 4.78 is 34.1. The average molecular weight is 559 g/mol. The zero-order chi connectivity index (χ0) is 29.8. The maximum absolute atomic E-state index is 13.2. The van der Waals surface area contributed by atoms with Crippen LogP contribution >= 0.6 is 0 Å². The predicted octanol–water partition coefficient (Wildman–Crippen LogP) is 7.24. The number of amides is 2. The highest BCUT2D eigenvalue weighted by atomic mass is 32.2. The van der Waals surface area contributed by atoms with Gasteiger partial charge < -0.3 is 9.50 Å². The van der Waals surface area contributed by atoms with Gasteiger partial charge in [0.05, 0.1) is 6.42 Å². The molecule has 0 saturated carbocycles. The summed E-state index contributed by atoms with van der Waals surface area (Å²) in [6.07, 6.45) is -0.0719. The van der Waals surface area contributed by atoms with Crippen LogP contribution in [0.1, 0.15) is 139 Å². The Morgan fingerprint density at radius 2 is 1.15 bits per heavy atom. The molecule has 39 heavy (non-hydrogen) atoms. The molecule has 0 unspecified atom stereocenters. The third-order valence-corrected chi connectivity index (χ3v) is 7.60. The quantitative estimate of drug-likeness (QED) is 0.303. The molecular weight excluding hydrogens is 512 g/mol. The Morgan fingerprint density at radius 1 is 0.718 bits per heavy atom. The molecule has 7 nitrogen and oxygen atoms in total. The van der Waals surface area contributed by atoms with E-state index < -0.39 is 16.2 Å². The normalized spacial score (nSPS) is 12.1. The van der Waals surface area contributed by atoms with Gasteiger partial charge in [0.2, 0.25) is 11.8 Å². The molecule has 0 fully saturated rings. The van der Waals surface area contributed by atoms with E-state index in [0.29, 0.717) is 22.7 Å². The highest BCUT2D eigenvalue weighted by molar-refractivity contribution is 7.85. The lowest BCUT2D eigenvalue weighted by Crippen LogP contribution is -2.36. The number of hydrogen-bond acceptors (Lipinski definition) is 5. The van der Waals surface area contributed by atoms with E-state index in [4.69, 9.17) is 4.18 Å². The number of benzene rings is 2. The van der Waals surface area contributed by atoms with Crippen LogP contribution in [-0.4, -0.2) is 20.2 Å². The van der Waals surface area contributed by atoms with Crippen molar-refractivity contribution in [3.05, 3.63) is 57.6 Å². The summed E-state index contributed by atoms with van der Waals surface area (Å²) in [5, 5.41) is 2.77. The van der Waals surface area contributed by atoms with E-state index in [9.17, 15) is 18.0 Å². The molecule has 2 rings (SSSR count). The average Bonchev–Trinajstić information content (AvgIpc) is 2.77. The van der Waals surface area contributed by atoms with Crippen molar-refractivity contribution in [2.24, 2.45) is 0 Å². The fourth-order valence-corrected chi connectivity index (χ4v) is 5.48. The first-order valence-electron chi connectivity index (χ1n) is 13.8. The summed E-state index contributed by atoms with van der Waals surface area (Å²) in [5.41, 5.74) is 5.98. The number of nitrogens with one attached hydrogen (secondary N) is 2.